The van der Waals surface area contributed by atoms with Gasteiger partial charge in [0.2, 0.25) is 0 Å². The van der Waals surface area contributed by atoms with E-state index >= 15 is 0 Å². The first kappa shape index (κ1) is 12.5. The van der Waals surface area contributed by atoms with Gasteiger partial charge in [0.15, 0.2) is 0 Å². The molecule has 1 N–H and O–H groups in total. The third-order valence-corrected chi connectivity index (χ3v) is 3.25. The predicted molar refractivity (Wildman–Crippen MR) is 60.4 cm³/mol. The smallest absolute Gasteiger partial charge is 0.0982 e. The molecule has 0 bridgehead atoms. The number of nitriles is 1. The maximum Gasteiger partial charge on any atom is 0.0982 e. The van der Waals surface area contributed by atoms with Crippen LogP contribution in [-0.4, -0.2) is 25.3 Å². The standard InChI is InChI=1S/C12H22N2O/c1-3-10(4-2)12(8-13)14-9-11-6-5-7-15-11/h10-12,14H,3-7,9H2,1-2H3. The minimum absolute atomic E-state index is 0.0100. The topological polar surface area (TPSA) is 45.0 Å². The van der Waals surface area contributed by atoms with E-state index in [1.54, 1.807) is 0 Å². The lowest BCUT2D eigenvalue weighted by Gasteiger charge is -2.21. The molecule has 0 radical (unpaired) electrons. The van der Waals surface area contributed by atoms with E-state index in [1.807, 2.05) is 0 Å². The summed E-state index contributed by atoms with van der Waals surface area (Å²) in [6.45, 7) is 6.00. The van der Waals surface area contributed by atoms with Crippen LogP contribution in [-0.2, 0) is 4.74 Å². The maximum absolute atomic E-state index is 9.08. The van der Waals surface area contributed by atoms with Crippen LogP contribution in [0, 0.1) is 17.2 Å². The largest absolute Gasteiger partial charge is 0.377 e. The highest BCUT2D eigenvalue weighted by Crippen LogP contribution is 2.15. The van der Waals surface area contributed by atoms with E-state index in [1.165, 1.54) is 0 Å². The van der Waals surface area contributed by atoms with Gasteiger partial charge in [-0.3, -0.25) is 5.32 Å². The monoisotopic (exact) mass is 210 g/mol. The van der Waals surface area contributed by atoms with E-state index in [2.05, 4.69) is 25.2 Å². The Bertz CT molecular complexity index is 202. The molecule has 1 fully saturated rings. The Morgan fingerprint density at radius 2 is 2.20 bits per heavy atom. The fourth-order valence-electron chi connectivity index (χ4n) is 2.14. The number of rotatable bonds is 6. The summed E-state index contributed by atoms with van der Waals surface area (Å²) < 4.78 is 5.52. The predicted octanol–water partition coefficient (Wildman–Crippen LogP) is 2.08. The minimum atomic E-state index is -0.0100. The molecule has 1 heterocycles. The highest BCUT2D eigenvalue weighted by atomic mass is 16.5. The second-order valence-corrected chi connectivity index (χ2v) is 4.23. The van der Waals surface area contributed by atoms with Gasteiger partial charge in [-0.05, 0) is 18.8 Å². The molecule has 3 nitrogen and oxygen atoms in total. The Morgan fingerprint density at radius 1 is 1.47 bits per heavy atom. The summed E-state index contributed by atoms with van der Waals surface area (Å²) >= 11 is 0. The van der Waals surface area contributed by atoms with Crippen LogP contribution < -0.4 is 5.32 Å². The molecule has 3 heteroatoms. The molecular formula is C12H22N2O. The molecule has 0 amide bonds. The van der Waals surface area contributed by atoms with E-state index < -0.39 is 0 Å². The third-order valence-electron chi connectivity index (χ3n) is 3.25. The molecule has 15 heavy (non-hydrogen) atoms. The summed E-state index contributed by atoms with van der Waals surface area (Å²) in [7, 11) is 0. The zero-order valence-corrected chi connectivity index (χ0v) is 9.83. The van der Waals surface area contributed by atoms with Crippen molar-refractivity contribution >= 4 is 0 Å². The van der Waals surface area contributed by atoms with Crippen molar-refractivity contribution in [1.82, 2.24) is 5.32 Å². The van der Waals surface area contributed by atoms with Crippen LogP contribution >= 0.6 is 0 Å². The van der Waals surface area contributed by atoms with Crippen LogP contribution in [0.4, 0.5) is 0 Å². The summed E-state index contributed by atoms with van der Waals surface area (Å²) in [6.07, 6.45) is 4.75. The van der Waals surface area contributed by atoms with Crippen LogP contribution in [0.1, 0.15) is 39.5 Å². The van der Waals surface area contributed by atoms with Crippen LogP contribution in [0.15, 0.2) is 0 Å². The van der Waals surface area contributed by atoms with Gasteiger partial charge in [-0.1, -0.05) is 26.7 Å². The van der Waals surface area contributed by atoms with Crippen molar-refractivity contribution in [3.63, 3.8) is 0 Å². The summed E-state index contributed by atoms with van der Waals surface area (Å²) in [5.41, 5.74) is 0. The molecule has 0 spiro atoms. The summed E-state index contributed by atoms with van der Waals surface area (Å²) in [5, 5.41) is 12.4. The van der Waals surface area contributed by atoms with E-state index in [4.69, 9.17) is 10.00 Å². The lowest BCUT2D eigenvalue weighted by molar-refractivity contribution is 0.107. The van der Waals surface area contributed by atoms with Crippen LogP contribution in [0.2, 0.25) is 0 Å². The van der Waals surface area contributed by atoms with Crippen LogP contribution in [0.3, 0.4) is 0 Å². The Balaban J connectivity index is 2.29. The number of hydrogen-bond donors (Lipinski definition) is 1. The van der Waals surface area contributed by atoms with Crippen molar-refractivity contribution in [3.8, 4) is 6.07 Å². The minimum Gasteiger partial charge on any atom is -0.377 e. The fourth-order valence-corrected chi connectivity index (χ4v) is 2.14. The van der Waals surface area contributed by atoms with Gasteiger partial charge in [0.05, 0.1) is 18.2 Å². The first-order valence-corrected chi connectivity index (χ1v) is 6.06. The average Bonchev–Trinajstić information content (AvgIpc) is 2.77. The van der Waals surface area contributed by atoms with Crippen molar-refractivity contribution in [3.05, 3.63) is 0 Å². The first-order valence-electron chi connectivity index (χ1n) is 6.06. The van der Waals surface area contributed by atoms with Gasteiger partial charge in [-0.25, -0.2) is 0 Å². The molecule has 0 aromatic carbocycles. The lowest BCUT2D eigenvalue weighted by Crippen LogP contribution is -2.39. The molecule has 1 rings (SSSR count). The number of ether oxygens (including phenoxy) is 1. The molecule has 2 unspecified atom stereocenters. The molecule has 1 aliphatic heterocycles. The van der Waals surface area contributed by atoms with E-state index in [0.29, 0.717) is 12.0 Å². The van der Waals surface area contributed by atoms with E-state index in [0.717, 1.165) is 38.8 Å². The van der Waals surface area contributed by atoms with E-state index in [9.17, 15) is 0 Å². The fraction of sp³-hybridized carbons (Fsp3) is 0.917. The molecule has 1 aliphatic rings. The quantitative estimate of drug-likeness (QED) is 0.730. The van der Waals surface area contributed by atoms with Gasteiger partial charge >= 0.3 is 0 Å². The van der Waals surface area contributed by atoms with E-state index in [-0.39, 0.29) is 6.04 Å². The van der Waals surface area contributed by atoms with Gasteiger partial charge < -0.3 is 4.74 Å². The molecule has 2 atom stereocenters. The molecular weight excluding hydrogens is 188 g/mol. The highest BCUT2D eigenvalue weighted by Gasteiger charge is 2.21. The van der Waals surface area contributed by atoms with Gasteiger partial charge in [-0.2, -0.15) is 5.26 Å². The molecule has 0 aromatic heterocycles. The van der Waals surface area contributed by atoms with Crippen LogP contribution in [0.25, 0.3) is 0 Å². The average molecular weight is 210 g/mol. The van der Waals surface area contributed by atoms with Crippen molar-refractivity contribution < 1.29 is 4.74 Å². The highest BCUT2D eigenvalue weighted by molar-refractivity contribution is 4.94. The normalized spacial score (nSPS) is 22.9. The van der Waals surface area contributed by atoms with Gasteiger partial charge in [0, 0.05) is 13.2 Å². The zero-order chi connectivity index (χ0) is 11.1. The molecule has 0 saturated carbocycles. The van der Waals surface area contributed by atoms with Crippen molar-refractivity contribution in [2.75, 3.05) is 13.2 Å². The Morgan fingerprint density at radius 3 is 2.67 bits per heavy atom. The van der Waals surface area contributed by atoms with Gasteiger partial charge in [0.25, 0.3) is 0 Å². The summed E-state index contributed by atoms with van der Waals surface area (Å²) in [6, 6.07) is 2.35. The summed E-state index contributed by atoms with van der Waals surface area (Å²) in [4.78, 5) is 0. The third kappa shape index (κ3) is 3.81. The summed E-state index contributed by atoms with van der Waals surface area (Å²) in [5.74, 6) is 0.469. The first-order chi connectivity index (χ1) is 7.31. The molecule has 86 valence electrons. The Kier molecular flexibility index (Phi) is 5.67. The number of hydrogen-bond acceptors (Lipinski definition) is 3. The maximum atomic E-state index is 9.08. The zero-order valence-electron chi connectivity index (χ0n) is 9.83. The molecule has 0 aromatic rings. The van der Waals surface area contributed by atoms with Gasteiger partial charge in [-0.15, -0.1) is 0 Å². The van der Waals surface area contributed by atoms with Crippen molar-refractivity contribution in [1.29, 1.82) is 5.26 Å². The SMILES string of the molecule is CCC(CC)C(C#N)NCC1CCCO1. The number of nitrogens with one attached hydrogen (secondary N) is 1. The second kappa shape index (κ2) is 6.81. The molecule has 0 aliphatic carbocycles. The van der Waals surface area contributed by atoms with Gasteiger partial charge in [0.1, 0.15) is 0 Å². The Labute approximate surface area is 92.8 Å². The van der Waals surface area contributed by atoms with Crippen molar-refractivity contribution in [2.45, 2.75) is 51.7 Å². The molecule has 1 saturated heterocycles. The Hall–Kier alpha value is -0.590. The second-order valence-electron chi connectivity index (χ2n) is 4.23. The number of nitrogens with zero attached hydrogens (tertiary/aromatic N) is 1. The van der Waals surface area contributed by atoms with Crippen molar-refractivity contribution in [2.24, 2.45) is 5.92 Å². The lowest BCUT2D eigenvalue weighted by atomic mass is 9.95. The van der Waals surface area contributed by atoms with Crippen LogP contribution in [0.5, 0.6) is 0 Å².